The minimum Gasteiger partial charge on any atom is -0.355 e. The zero-order valence-corrected chi connectivity index (χ0v) is 13.7. The lowest BCUT2D eigenvalue weighted by Gasteiger charge is -2.10. The molecule has 0 aromatic rings. The normalized spacial score (nSPS) is 26.9. The van der Waals surface area contributed by atoms with Crippen molar-refractivity contribution in [2.75, 3.05) is 6.54 Å². The average Bonchev–Trinajstić information content (AvgIpc) is 3.08. The van der Waals surface area contributed by atoms with Crippen molar-refractivity contribution in [3.8, 4) is 0 Å². The molecule has 2 atom stereocenters. The second-order valence-electron chi connectivity index (χ2n) is 4.00. The molecule has 2 nitrogen and oxygen atoms in total. The van der Waals surface area contributed by atoms with E-state index in [0.717, 1.165) is 18.5 Å². The summed E-state index contributed by atoms with van der Waals surface area (Å²) in [5.41, 5.74) is 0.321. The molecule has 1 heterocycles. The van der Waals surface area contributed by atoms with E-state index in [1.165, 1.54) is 0 Å². The summed E-state index contributed by atoms with van der Waals surface area (Å²) in [5.74, 6) is 0.431. The maximum atomic E-state index is 11.6. The molecule has 4 heteroatoms. The molecule has 19 heavy (non-hydrogen) atoms. The fraction of sp³-hybridized carbons (Fsp3) is 0.533. The Kier molecular flexibility index (Phi) is 7.46. The third-order valence-corrected chi connectivity index (χ3v) is 3.79. The smallest absolute Gasteiger partial charge is 0.231 e. The minimum absolute atomic E-state index is 0.0541. The molecule has 0 spiro atoms. The molecule has 2 fully saturated rings. The predicted octanol–water partition coefficient (Wildman–Crippen LogP) is 4.61. The van der Waals surface area contributed by atoms with Crippen molar-refractivity contribution in [1.29, 1.82) is 0 Å². The van der Waals surface area contributed by atoms with Crippen molar-refractivity contribution in [2.24, 2.45) is 11.3 Å². The molecule has 0 aromatic heterocycles. The standard InChI is InChI=1S/C11H11Cl2NO.2C2H6/c1-6(3-9(13)7(2)12)11-4-8(11)5-14-10(11)15;2*1-2/h3,8H,1-2,4-5H2,(H,14,15);2*1-2H3/b9-3+;;. The summed E-state index contributed by atoms with van der Waals surface area (Å²) in [6.45, 7) is 16.2. The van der Waals surface area contributed by atoms with E-state index in [-0.39, 0.29) is 10.9 Å². The Hall–Kier alpha value is -0.730. The monoisotopic (exact) mass is 303 g/mol. The van der Waals surface area contributed by atoms with Gasteiger partial charge in [0.15, 0.2) is 0 Å². The molecule has 2 unspecified atom stereocenters. The van der Waals surface area contributed by atoms with Gasteiger partial charge in [0.05, 0.1) is 15.5 Å². The Morgan fingerprint density at radius 1 is 1.32 bits per heavy atom. The van der Waals surface area contributed by atoms with Crippen molar-refractivity contribution >= 4 is 29.1 Å². The van der Waals surface area contributed by atoms with Gasteiger partial charge in [-0.05, 0) is 24.0 Å². The van der Waals surface area contributed by atoms with Gasteiger partial charge in [-0.15, -0.1) is 0 Å². The van der Waals surface area contributed by atoms with Crippen LogP contribution in [0.1, 0.15) is 34.1 Å². The highest BCUT2D eigenvalue weighted by molar-refractivity contribution is 6.43. The molecule has 1 saturated carbocycles. The summed E-state index contributed by atoms with van der Waals surface area (Å²) in [6, 6.07) is 0. The first-order valence-electron chi connectivity index (χ1n) is 6.68. The van der Waals surface area contributed by atoms with Crippen LogP contribution in [0.5, 0.6) is 0 Å². The van der Waals surface area contributed by atoms with Crippen LogP contribution in [0.25, 0.3) is 0 Å². The molecule has 2 rings (SSSR count). The number of allylic oxidation sites excluding steroid dienone is 3. The Morgan fingerprint density at radius 3 is 2.16 bits per heavy atom. The summed E-state index contributed by atoms with van der Waals surface area (Å²) in [5, 5.41) is 3.43. The zero-order chi connectivity index (χ0) is 15.2. The molecule has 1 saturated heterocycles. The number of halogens is 2. The first kappa shape index (κ1) is 18.3. The second kappa shape index (κ2) is 7.76. The summed E-state index contributed by atoms with van der Waals surface area (Å²) in [4.78, 5) is 11.6. The summed E-state index contributed by atoms with van der Waals surface area (Å²) < 4.78 is 0. The number of nitrogens with one attached hydrogen (secondary N) is 1. The minimum atomic E-state index is -0.410. The van der Waals surface area contributed by atoms with Crippen LogP contribution in [0.4, 0.5) is 0 Å². The van der Waals surface area contributed by atoms with Gasteiger partial charge in [0.25, 0.3) is 0 Å². The number of amides is 1. The van der Waals surface area contributed by atoms with E-state index >= 15 is 0 Å². The molecule has 108 valence electrons. The maximum absolute atomic E-state index is 11.6. The summed E-state index contributed by atoms with van der Waals surface area (Å²) in [6.07, 6.45) is 2.51. The van der Waals surface area contributed by atoms with Crippen LogP contribution in [-0.2, 0) is 4.79 Å². The van der Waals surface area contributed by atoms with Crippen LogP contribution >= 0.6 is 23.2 Å². The quantitative estimate of drug-likeness (QED) is 0.758. The Labute approximate surface area is 126 Å². The SMILES string of the molecule is C=C(Cl)/C(Cl)=C\C(=C)C12CC1CNC2=O.CC.CC. The fourth-order valence-electron chi connectivity index (χ4n) is 2.13. The molecule has 2 aliphatic rings. The Balaban J connectivity index is 0.000000741. The highest BCUT2D eigenvalue weighted by Crippen LogP contribution is 2.60. The predicted molar refractivity (Wildman–Crippen MR) is 84.3 cm³/mol. The lowest BCUT2D eigenvalue weighted by Crippen LogP contribution is -2.25. The molecule has 0 bridgehead atoms. The average molecular weight is 304 g/mol. The molecular formula is C15H23Cl2NO. The van der Waals surface area contributed by atoms with E-state index in [1.54, 1.807) is 6.08 Å². The van der Waals surface area contributed by atoms with Gasteiger partial charge in [0, 0.05) is 6.54 Å². The van der Waals surface area contributed by atoms with Gasteiger partial charge in [-0.2, -0.15) is 0 Å². The van der Waals surface area contributed by atoms with Gasteiger partial charge in [0.2, 0.25) is 5.91 Å². The van der Waals surface area contributed by atoms with Crippen LogP contribution in [0.3, 0.4) is 0 Å². The first-order valence-corrected chi connectivity index (χ1v) is 7.43. The molecule has 0 aromatic carbocycles. The van der Waals surface area contributed by atoms with E-state index in [4.69, 9.17) is 23.2 Å². The van der Waals surface area contributed by atoms with E-state index in [1.807, 2.05) is 27.7 Å². The second-order valence-corrected chi connectivity index (χ2v) is 4.87. The van der Waals surface area contributed by atoms with Crippen LogP contribution in [0.15, 0.2) is 34.9 Å². The van der Waals surface area contributed by atoms with Crippen molar-refractivity contribution in [2.45, 2.75) is 34.1 Å². The van der Waals surface area contributed by atoms with Gasteiger partial charge in [-0.3, -0.25) is 4.79 Å². The van der Waals surface area contributed by atoms with Crippen LogP contribution in [-0.4, -0.2) is 12.5 Å². The van der Waals surface area contributed by atoms with E-state index in [0.29, 0.717) is 11.0 Å². The first-order chi connectivity index (χ1) is 8.98. The van der Waals surface area contributed by atoms with E-state index in [2.05, 4.69) is 18.5 Å². The van der Waals surface area contributed by atoms with Gasteiger partial charge < -0.3 is 5.32 Å². The molecule has 0 radical (unpaired) electrons. The molecule has 1 amide bonds. The van der Waals surface area contributed by atoms with Gasteiger partial charge >= 0.3 is 0 Å². The number of hydrogen-bond donors (Lipinski definition) is 1. The number of carbonyl (C=O) groups excluding carboxylic acids is 1. The third-order valence-electron chi connectivity index (χ3n) is 3.15. The third kappa shape index (κ3) is 3.64. The molecular weight excluding hydrogens is 281 g/mol. The number of fused-ring (bicyclic) bond motifs is 1. The molecule has 1 aliphatic heterocycles. The highest BCUT2D eigenvalue weighted by atomic mass is 35.5. The summed E-state index contributed by atoms with van der Waals surface area (Å²) >= 11 is 11.5. The highest BCUT2D eigenvalue weighted by Gasteiger charge is 2.64. The molecule has 1 N–H and O–H groups in total. The lowest BCUT2D eigenvalue weighted by atomic mass is 9.95. The zero-order valence-electron chi connectivity index (χ0n) is 12.1. The fourth-order valence-corrected chi connectivity index (χ4v) is 2.31. The van der Waals surface area contributed by atoms with E-state index in [9.17, 15) is 4.79 Å². The largest absolute Gasteiger partial charge is 0.355 e. The van der Waals surface area contributed by atoms with Gasteiger partial charge in [-0.25, -0.2) is 0 Å². The van der Waals surface area contributed by atoms with Gasteiger partial charge in [0.1, 0.15) is 0 Å². The summed E-state index contributed by atoms with van der Waals surface area (Å²) in [7, 11) is 0. The van der Waals surface area contributed by atoms with Crippen LogP contribution in [0, 0.1) is 11.3 Å². The van der Waals surface area contributed by atoms with Gasteiger partial charge in [-0.1, -0.05) is 64.1 Å². The van der Waals surface area contributed by atoms with Crippen molar-refractivity contribution in [1.82, 2.24) is 5.32 Å². The number of rotatable bonds is 3. The van der Waals surface area contributed by atoms with Crippen LogP contribution < -0.4 is 5.32 Å². The lowest BCUT2D eigenvalue weighted by molar-refractivity contribution is -0.123. The van der Waals surface area contributed by atoms with E-state index < -0.39 is 5.41 Å². The Bertz CT molecular complexity index is 401. The van der Waals surface area contributed by atoms with Crippen molar-refractivity contribution in [3.63, 3.8) is 0 Å². The van der Waals surface area contributed by atoms with Crippen molar-refractivity contribution in [3.05, 3.63) is 34.9 Å². The maximum Gasteiger partial charge on any atom is 0.231 e. The van der Waals surface area contributed by atoms with Crippen LogP contribution in [0.2, 0.25) is 0 Å². The number of piperidine rings is 1. The molecule has 1 aliphatic carbocycles. The number of hydrogen-bond acceptors (Lipinski definition) is 1. The Morgan fingerprint density at radius 2 is 1.84 bits per heavy atom. The number of carbonyl (C=O) groups is 1. The van der Waals surface area contributed by atoms with Crippen molar-refractivity contribution < 1.29 is 4.79 Å². The topological polar surface area (TPSA) is 29.1 Å².